The van der Waals surface area contributed by atoms with Crippen molar-refractivity contribution in [2.45, 2.75) is 19.6 Å². The van der Waals surface area contributed by atoms with Gasteiger partial charge in [-0.15, -0.1) is 0 Å². The lowest BCUT2D eigenvalue weighted by Gasteiger charge is -2.10. The zero-order valence-corrected chi connectivity index (χ0v) is 13.9. The third-order valence-corrected chi connectivity index (χ3v) is 3.94. The van der Waals surface area contributed by atoms with Crippen LogP contribution in [0.25, 0.3) is 22.0 Å². The Morgan fingerprint density at radius 2 is 1.88 bits per heavy atom. The fraction of sp³-hybridized carbons (Fsp3) is 0.211. The van der Waals surface area contributed by atoms with Gasteiger partial charge in [-0.1, -0.05) is 24.3 Å². The van der Waals surface area contributed by atoms with Crippen LogP contribution in [0.5, 0.6) is 5.75 Å². The summed E-state index contributed by atoms with van der Waals surface area (Å²) in [5, 5.41) is 9.54. The van der Waals surface area contributed by atoms with Gasteiger partial charge in [-0.2, -0.15) is 13.2 Å². The van der Waals surface area contributed by atoms with Crippen LogP contribution in [-0.2, 0) is 6.54 Å². The van der Waals surface area contributed by atoms with Crippen molar-refractivity contribution in [1.29, 1.82) is 0 Å². The van der Waals surface area contributed by atoms with E-state index in [1.165, 1.54) is 6.07 Å². The number of carbonyl (C=O) groups is 1. The zero-order chi connectivity index (χ0) is 18.9. The summed E-state index contributed by atoms with van der Waals surface area (Å²) in [7, 11) is 0. The van der Waals surface area contributed by atoms with E-state index in [1.807, 2.05) is 13.0 Å². The van der Waals surface area contributed by atoms with Crippen molar-refractivity contribution in [3.63, 3.8) is 0 Å². The highest BCUT2D eigenvalue weighted by Gasteiger charge is 2.29. The Morgan fingerprint density at radius 3 is 2.54 bits per heavy atom. The molecule has 0 spiro atoms. The van der Waals surface area contributed by atoms with Crippen molar-refractivity contribution >= 4 is 16.9 Å². The molecule has 0 bridgehead atoms. The highest BCUT2D eigenvalue weighted by atomic mass is 19.4. The van der Waals surface area contributed by atoms with E-state index in [4.69, 9.17) is 4.74 Å². The number of fused-ring (bicyclic) bond motifs is 1. The average Bonchev–Trinajstić information content (AvgIpc) is 2.92. The predicted octanol–water partition coefficient (Wildman–Crippen LogP) is 4.97. The van der Waals surface area contributed by atoms with Gasteiger partial charge in [-0.25, -0.2) is 4.79 Å². The lowest BCUT2D eigenvalue weighted by Crippen LogP contribution is -2.16. The maximum absolute atomic E-state index is 12.9. The lowest BCUT2D eigenvalue weighted by molar-refractivity contribution is -0.139. The predicted molar refractivity (Wildman–Crippen MR) is 91.6 cm³/mol. The molecule has 136 valence electrons. The Kier molecular flexibility index (Phi) is 4.63. The molecule has 0 saturated carbocycles. The first-order valence-electron chi connectivity index (χ1n) is 7.94. The Labute approximate surface area is 147 Å². The number of rotatable bonds is 5. The first kappa shape index (κ1) is 17.8. The standard InChI is InChI=1S/C19H16F3NO3/c1-2-26-14-5-3-4-12(8-14)13-6-7-15-16(18(24)25)10-23(17(15)9-13)11-19(20,21)22/h3-10H,2,11H2,1H3,(H,24,25). The monoisotopic (exact) mass is 363 g/mol. The molecule has 0 aliphatic rings. The number of ether oxygens (including phenoxy) is 1. The minimum absolute atomic E-state index is 0.154. The van der Waals surface area contributed by atoms with Crippen molar-refractivity contribution in [3.8, 4) is 16.9 Å². The minimum Gasteiger partial charge on any atom is -0.494 e. The second-order valence-electron chi connectivity index (χ2n) is 5.78. The lowest BCUT2D eigenvalue weighted by atomic mass is 10.0. The number of halogens is 3. The Hall–Kier alpha value is -2.96. The zero-order valence-electron chi connectivity index (χ0n) is 13.9. The normalized spacial score (nSPS) is 11.7. The van der Waals surface area contributed by atoms with Gasteiger partial charge >= 0.3 is 12.1 Å². The summed E-state index contributed by atoms with van der Waals surface area (Å²) in [6, 6.07) is 12.0. The first-order valence-corrected chi connectivity index (χ1v) is 7.94. The van der Waals surface area contributed by atoms with Gasteiger partial charge in [0, 0.05) is 17.1 Å². The van der Waals surface area contributed by atoms with Crippen molar-refractivity contribution < 1.29 is 27.8 Å². The van der Waals surface area contributed by atoms with E-state index in [0.29, 0.717) is 17.9 Å². The summed E-state index contributed by atoms with van der Waals surface area (Å²) in [4.78, 5) is 11.4. The third kappa shape index (κ3) is 3.66. The molecule has 0 saturated heterocycles. The second kappa shape index (κ2) is 6.74. The van der Waals surface area contributed by atoms with E-state index in [0.717, 1.165) is 16.3 Å². The molecule has 0 aliphatic heterocycles. The largest absolute Gasteiger partial charge is 0.494 e. The van der Waals surface area contributed by atoms with Crippen molar-refractivity contribution in [2.24, 2.45) is 0 Å². The van der Waals surface area contributed by atoms with Crippen molar-refractivity contribution in [3.05, 3.63) is 54.2 Å². The Bertz CT molecular complexity index is 960. The van der Waals surface area contributed by atoms with Crippen LogP contribution in [0.15, 0.2) is 48.7 Å². The molecule has 0 radical (unpaired) electrons. The molecule has 2 aromatic carbocycles. The molecule has 0 unspecified atom stereocenters. The van der Waals surface area contributed by atoms with Crippen LogP contribution in [0, 0.1) is 0 Å². The topological polar surface area (TPSA) is 51.5 Å². The molecule has 0 amide bonds. The molecule has 1 N–H and O–H groups in total. The van der Waals surface area contributed by atoms with Gasteiger partial charge in [0.25, 0.3) is 0 Å². The quantitative estimate of drug-likeness (QED) is 0.696. The first-order chi connectivity index (χ1) is 12.3. The Balaban J connectivity index is 2.13. The highest BCUT2D eigenvalue weighted by molar-refractivity contribution is 6.04. The summed E-state index contributed by atoms with van der Waals surface area (Å²) in [5.41, 5.74) is 1.52. The van der Waals surface area contributed by atoms with E-state index in [9.17, 15) is 23.1 Å². The van der Waals surface area contributed by atoms with Crippen LogP contribution in [0.4, 0.5) is 13.2 Å². The van der Waals surface area contributed by atoms with Gasteiger partial charge in [-0.3, -0.25) is 0 Å². The molecule has 0 aliphatic carbocycles. The number of aromatic nitrogens is 1. The van der Waals surface area contributed by atoms with E-state index < -0.39 is 18.7 Å². The summed E-state index contributed by atoms with van der Waals surface area (Å²) in [5.74, 6) is -0.607. The van der Waals surface area contributed by atoms with Crippen LogP contribution in [0.2, 0.25) is 0 Å². The fourth-order valence-corrected chi connectivity index (χ4v) is 2.90. The van der Waals surface area contributed by atoms with Gasteiger partial charge in [0.05, 0.1) is 12.2 Å². The van der Waals surface area contributed by atoms with E-state index in [2.05, 4.69) is 0 Å². The molecule has 0 fully saturated rings. The molecule has 26 heavy (non-hydrogen) atoms. The van der Waals surface area contributed by atoms with Crippen LogP contribution in [-0.4, -0.2) is 28.4 Å². The van der Waals surface area contributed by atoms with Gasteiger partial charge in [0.1, 0.15) is 12.3 Å². The fourth-order valence-electron chi connectivity index (χ4n) is 2.90. The summed E-state index contributed by atoms with van der Waals surface area (Å²) >= 11 is 0. The maximum Gasteiger partial charge on any atom is 0.406 e. The molecule has 1 aromatic heterocycles. The molecule has 3 rings (SSSR count). The molecule has 7 heteroatoms. The maximum atomic E-state index is 12.9. The van der Waals surface area contributed by atoms with Crippen LogP contribution in [0.1, 0.15) is 17.3 Å². The van der Waals surface area contributed by atoms with Gasteiger partial charge in [-0.05, 0) is 36.2 Å². The smallest absolute Gasteiger partial charge is 0.406 e. The molecule has 3 aromatic rings. The number of alkyl halides is 3. The Morgan fingerprint density at radius 1 is 1.15 bits per heavy atom. The second-order valence-corrected chi connectivity index (χ2v) is 5.78. The third-order valence-electron chi connectivity index (χ3n) is 3.94. The summed E-state index contributed by atoms with van der Waals surface area (Å²) in [6.45, 7) is 1.11. The van der Waals surface area contributed by atoms with Gasteiger partial charge < -0.3 is 14.4 Å². The van der Waals surface area contributed by atoms with E-state index in [-0.39, 0.29) is 16.5 Å². The number of carboxylic acids is 1. The van der Waals surface area contributed by atoms with Gasteiger partial charge in [0.15, 0.2) is 0 Å². The van der Waals surface area contributed by atoms with E-state index in [1.54, 1.807) is 30.3 Å². The molecule has 1 heterocycles. The number of benzene rings is 2. The van der Waals surface area contributed by atoms with E-state index >= 15 is 0 Å². The molecular weight excluding hydrogens is 347 g/mol. The number of aromatic carboxylic acids is 1. The molecule has 0 atom stereocenters. The minimum atomic E-state index is -4.45. The number of hydrogen-bond acceptors (Lipinski definition) is 2. The number of nitrogens with zero attached hydrogens (tertiary/aromatic N) is 1. The number of carboxylic acid groups (broad SMARTS) is 1. The van der Waals surface area contributed by atoms with Crippen LogP contribution < -0.4 is 4.74 Å². The van der Waals surface area contributed by atoms with Crippen LogP contribution in [0.3, 0.4) is 0 Å². The summed E-state index contributed by atoms with van der Waals surface area (Å²) < 4.78 is 44.9. The SMILES string of the molecule is CCOc1cccc(-c2ccc3c(C(=O)O)cn(CC(F)(F)F)c3c2)c1. The average molecular weight is 363 g/mol. The van der Waals surface area contributed by atoms with Crippen molar-refractivity contribution in [2.75, 3.05) is 6.61 Å². The van der Waals surface area contributed by atoms with Crippen molar-refractivity contribution in [1.82, 2.24) is 4.57 Å². The molecular formula is C19H16F3NO3. The highest BCUT2D eigenvalue weighted by Crippen LogP contribution is 2.31. The van der Waals surface area contributed by atoms with Crippen LogP contribution >= 0.6 is 0 Å². The summed E-state index contributed by atoms with van der Waals surface area (Å²) in [6.07, 6.45) is -3.42. The van der Waals surface area contributed by atoms with Gasteiger partial charge in [0.2, 0.25) is 0 Å². The number of hydrogen-bond donors (Lipinski definition) is 1. The molecule has 4 nitrogen and oxygen atoms in total.